The van der Waals surface area contributed by atoms with E-state index in [0.29, 0.717) is 19.3 Å². The average molecular weight is 732 g/mol. The molecule has 6 aliphatic heterocycles. The fourth-order valence-electron chi connectivity index (χ4n) is 12.4. The van der Waals surface area contributed by atoms with Crippen molar-refractivity contribution in [3.63, 3.8) is 0 Å². The fraction of sp³-hybridized carbons (Fsp3) is 0.784. The van der Waals surface area contributed by atoms with Gasteiger partial charge in [0.2, 0.25) is 0 Å². The number of ketones is 2. The van der Waals surface area contributed by atoms with E-state index >= 15 is 4.79 Å². The molecule has 50 heavy (non-hydrogen) atoms. The number of carbonyl (C=O) groups excluding carboxylic acids is 2. The van der Waals surface area contributed by atoms with Crippen LogP contribution in [0.3, 0.4) is 0 Å². The SMILES string of the molecule is CC1=CC2C(=O)C3CCCC4OC5OC(CO)C(O)C(O)(CC67CCCC6C=C6CC(NC8[NH2+]CCC7C68)SSCC2(C(=O)C43)C(O)=C1)C5O. The molecule has 5 saturated heterocycles. The maximum absolute atomic E-state index is 15.0. The van der Waals surface area contributed by atoms with Crippen LogP contribution in [0.1, 0.15) is 64.7 Å². The number of Topliss-reactive ketones (excluding diaryl/α,β-unsaturated/α-hetero) is 2. The highest BCUT2D eigenvalue weighted by Crippen LogP contribution is 2.64. The van der Waals surface area contributed by atoms with Crippen LogP contribution in [0.4, 0.5) is 0 Å². The molecule has 0 aromatic rings. The summed E-state index contributed by atoms with van der Waals surface area (Å²) in [7, 11) is 3.23. The number of allylic oxidation sites excluding steroid dienone is 5. The lowest BCUT2D eigenvalue weighted by Crippen LogP contribution is -2.98. The number of ether oxygens (including phenoxy) is 2. The minimum atomic E-state index is -2.05. The van der Waals surface area contributed by atoms with E-state index in [0.717, 1.165) is 44.2 Å². The monoisotopic (exact) mass is 731 g/mol. The van der Waals surface area contributed by atoms with Crippen LogP contribution in [-0.4, -0.2) is 104 Å². The lowest BCUT2D eigenvalue weighted by molar-refractivity contribution is -0.714. The Bertz CT molecular complexity index is 1540. The van der Waals surface area contributed by atoms with Gasteiger partial charge >= 0.3 is 0 Å². The third-order valence-corrected chi connectivity index (χ3v) is 17.2. The topological polar surface area (TPSA) is 182 Å². The molecule has 3 saturated carbocycles. The van der Waals surface area contributed by atoms with Crippen LogP contribution >= 0.6 is 21.6 Å². The van der Waals surface area contributed by atoms with Crippen molar-refractivity contribution in [3.05, 3.63) is 35.1 Å². The first kappa shape index (κ1) is 34.5. The van der Waals surface area contributed by atoms with Crippen LogP contribution in [-0.2, 0) is 19.1 Å². The summed E-state index contributed by atoms with van der Waals surface area (Å²) in [6, 6.07) is 0. The molecule has 2 spiro atoms. The van der Waals surface area contributed by atoms with E-state index in [1.54, 1.807) is 27.7 Å². The Morgan fingerprint density at radius 3 is 2.72 bits per heavy atom. The summed E-state index contributed by atoms with van der Waals surface area (Å²) < 4.78 is 12.6. The second-order valence-electron chi connectivity index (χ2n) is 16.8. The van der Waals surface area contributed by atoms with Gasteiger partial charge in [-0.15, -0.1) is 0 Å². The minimum absolute atomic E-state index is 0.0689. The van der Waals surface area contributed by atoms with Crippen molar-refractivity contribution in [1.29, 1.82) is 0 Å². The zero-order valence-electron chi connectivity index (χ0n) is 28.5. The maximum Gasteiger partial charge on any atom is 0.187 e. The number of piperidine rings is 2. The molecular formula is C37H51N2O9S2+. The zero-order chi connectivity index (χ0) is 34.7. The summed E-state index contributed by atoms with van der Waals surface area (Å²) in [4.78, 5) is 29.5. The van der Waals surface area contributed by atoms with Gasteiger partial charge in [0, 0.05) is 18.1 Å². The van der Waals surface area contributed by atoms with Gasteiger partial charge < -0.3 is 40.3 Å². The van der Waals surface area contributed by atoms with Crippen LogP contribution in [0.25, 0.3) is 0 Å². The third-order valence-electron chi connectivity index (χ3n) is 14.5. The first-order valence-electron chi connectivity index (χ1n) is 18.8. The Kier molecular flexibility index (Phi) is 8.55. The van der Waals surface area contributed by atoms with Gasteiger partial charge in [-0.3, -0.25) is 14.9 Å². The molecule has 10 bridgehead atoms. The predicted molar refractivity (Wildman–Crippen MR) is 185 cm³/mol. The Morgan fingerprint density at radius 2 is 1.90 bits per heavy atom. The van der Waals surface area contributed by atoms with Crippen LogP contribution in [0.2, 0.25) is 0 Å². The second-order valence-corrected chi connectivity index (χ2v) is 19.4. The molecular weight excluding hydrogens is 681 g/mol. The molecule has 16 atom stereocenters. The lowest BCUT2D eigenvalue weighted by atomic mass is 9.51. The van der Waals surface area contributed by atoms with Gasteiger partial charge in [-0.1, -0.05) is 57.7 Å². The summed E-state index contributed by atoms with van der Waals surface area (Å²) >= 11 is 0. The Labute approximate surface area is 300 Å². The summed E-state index contributed by atoms with van der Waals surface area (Å²) in [6.45, 7) is 2.16. The van der Waals surface area contributed by atoms with Gasteiger partial charge in [-0.05, 0) is 68.8 Å². The smallest absolute Gasteiger partial charge is 0.187 e. The van der Waals surface area contributed by atoms with E-state index in [1.165, 1.54) is 5.57 Å². The molecule has 13 heteroatoms. The molecule has 5 aliphatic carbocycles. The molecule has 0 aromatic carbocycles. The number of hydrogen-bond donors (Lipinski definition) is 7. The number of carbonyl (C=O) groups is 2. The molecule has 0 amide bonds. The molecule has 11 nitrogen and oxygen atoms in total. The van der Waals surface area contributed by atoms with Crippen molar-refractivity contribution in [1.82, 2.24) is 5.32 Å². The van der Waals surface area contributed by atoms with E-state index < -0.39 is 66.1 Å². The highest BCUT2D eigenvalue weighted by Gasteiger charge is 2.67. The van der Waals surface area contributed by atoms with Crippen molar-refractivity contribution in [2.75, 3.05) is 18.9 Å². The van der Waals surface area contributed by atoms with Crippen molar-refractivity contribution < 1.29 is 49.9 Å². The summed E-state index contributed by atoms with van der Waals surface area (Å²) in [5, 5.41) is 65.0. The standard InChI is InChI=1S/C37H50N2O9S2/c1-17-10-22-29(42)20-5-2-6-23-28(20)31(44)36(22,25(41)11-17)16-49-50-26-13-18-12-19-4-3-8-35(19,21-7-9-38-33(39-26)27(18)21)15-37(46)30(43)24(14-40)48-34(47-23)32(37)45/h10-12,19-24,26-28,30,32-34,38-41,43,45-46H,2-9,13-16H2,1H3/p+1. The number of aliphatic hydroxyl groups is 5. The number of hydrogen-bond acceptors (Lipinski definition) is 12. The molecule has 0 aromatic heterocycles. The summed E-state index contributed by atoms with van der Waals surface area (Å²) in [5.41, 5.74) is -1.70. The van der Waals surface area contributed by atoms with E-state index in [2.05, 4.69) is 16.7 Å². The van der Waals surface area contributed by atoms with Gasteiger partial charge in [0.25, 0.3) is 0 Å². The first-order valence-corrected chi connectivity index (χ1v) is 21.2. The van der Waals surface area contributed by atoms with Crippen molar-refractivity contribution in [3.8, 4) is 0 Å². The predicted octanol–water partition coefficient (Wildman–Crippen LogP) is 1.47. The second kappa shape index (κ2) is 12.4. The lowest BCUT2D eigenvalue weighted by Gasteiger charge is -2.59. The Morgan fingerprint density at radius 1 is 1.06 bits per heavy atom. The van der Waals surface area contributed by atoms with Crippen LogP contribution in [0.15, 0.2) is 35.1 Å². The average Bonchev–Trinajstić information content (AvgIpc) is 3.51. The maximum atomic E-state index is 15.0. The quantitative estimate of drug-likeness (QED) is 0.153. The number of aliphatic hydroxyl groups excluding tert-OH is 4. The first-order chi connectivity index (χ1) is 24.0. The van der Waals surface area contributed by atoms with Crippen LogP contribution < -0.4 is 10.6 Å². The molecule has 11 aliphatic rings. The van der Waals surface area contributed by atoms with E-state index in [9.17, 15) is 30.3 Å². The molecule has 8 N–H and O–H groups in total. The number of quaternary nitrogens is 1. The fourth-order valence-corrected chi connectivity index (χ4v) is 15.4. The van der Waals surface area contributed by atoms with Crippen LogP contribution in [0.5, 0.6) is 0 Å². The van der Waals surface area contributed by atoms with Crippen molar-refractivity contribution in [2.24, 2.45) is 46.3 Å². The largest absolute Gasteiger partial charge is 0.511 e. The van der Waals surface area contributed by atoms with E-state index in [1.807, 2.05) is 13.0 Å². The summed E-state index contributed by atoms with van der Waals surface area (Å²) in [6.07, 6.45) is 5.62. The van der Waals surface area contributed by atoms with E-state index in [4.69, 9.17) is 9.47 Å². The number of nitrogens with two attached hydrogens (primary N) is 1. The Balaban J connectivity index is 1.18. The van der Waals surface area contributed by atoms with Gasteiger partial charge in [0.15, 0.2) is 12.1 Å². The number of rotatable bonds is 1. The zero-order valence-corrected chi connectivity index (χ0v) is 30.1. The van der Waals surface area contributed by atoms with Crippen molar-refractivity contribution >= 4 is 33.2 Å². The van der Waals surface area contributed by atoms with Gasteiger partial charge in [-0.2, -0.15) is 0 Å². The highest BCUT2D eigenvalue weighted by atomic mass is 33.1. The highest BCUT2D eigenvalue weighted by molar-refractivity contribution is 8.76. The number of nitrogens with one attached hydrogen (secondary N) is 1. The van der Waals surface area contributed by atoms with Crippen molar-refractivity contribution in [2.45, 2.75) is 113 Å². The molecule has 8 fully saturated rings. The minimum Gasteiger partial charge on any atom is -0.511 e. The molecule has 274 valence electrons. The molecule has 11 rings (SSSR count). The van der Waals surface area contributed by atoms with Gasteiger partial charge in [-0.25, -0.2) is 0 Å². The van der Waals surface area contributed by atoms with E-state index in [-0.39, 0.29) is 64.2 Å². The Hall–Kier alpha value is -1.26. The summed E-state index contributed by atoms with van der Waals surface area (Å²) in [5.74, 6) is -1.82. The molecule has 0 radical (unpaired) electrons. The third kappa shape index (κ3) is 4.80. The van der Waals surface area contributed by atoms with Gasteiger partial charge in [0.1, 0.15) is 47.0 Å². The molecule has 16 unspecified atom stereocenters. The van der Waals surface area contributed by atoms with Gasteiger partial charge in [0.05, 0.1) is 42.4 Å². The van der Waals surface area contributed by atoms with Crippen LogP contribution in [0, 0.1) is 46.3 Å². The molecule has 6 heterocycles. The normalized spacial score (nSPS) is 53.0.